The van der Waals surface area contributed by atoms with Crippen LogP contribution in [-0.2, 0) is 49.3 Å². The topological polar surface area (TPSA) is 184 Å². The van der Waals surface area contributed by atoms with E-state index in [1.807, 2.05) is 0 Å². The Bertz CT molecular complexity index is 1310. The van der Waals surface area contributed by atoms with Crippen molar-refractivity contribution in [1.29, 1.82) is 0 Å². The highest BCUT2D eigenvalue weighted by Gasteiger charge is 2.65. The molecular formula is C26H28O14. The monoisotopic (exact) mass is 564 g/mol. The minimum atomic E-state index is -2.03. The van der Waals surface area contributed by atoms with Gasteiger partial charge in [-0.25, -0.2) is 0 Å². The van der Waals surface area contributed by atoms with Crippen molar-refractivity contribution in [3.05, 3.63) is 16.7 Å². The van der Waals surface area contributed by atoms with Gasteiger partial charge in [0.2, 0.25) is 6.10 Å². The Morgan fingerprint density at radius 3 is 1.75 bits per heavy atom. The van der Waals surface area contributed by atoms with E-state index < -0.39 is 84.3 Å². The Kier molecular flexibility index (Phi) is 8.63. The summed E-state index contributed by atoms with van der Waals surface area (Å²) in [6, 6.07) is 0. The summed E-state index contributed by atoms with van der Waals surface area (Å²) in [6.07, 6.45) is -4.47. The van der Waals surface area contributed by atoms with Crippen molar-refractivity contribution in [3.8, 4) is 17.2 Å². The molecule has 40 heavy (non-hydrogen) atoms. The predicted octanol–water partition coefficient (Wildman–Crippen LogP) is 1.40. The SMILES string of the molecule is CC(=O)OC[C@H]1O[C@]2(Cc3c(OC(C)=O)c(C(C)=O)c(OC(C)=O)c(C(C)=O)c3O2)[C@@H](OC(C)=O)[C@H]1OC(C)=O. The molecule has 1 saturated heterocycles. The summed E-state index contributed by atoms with van der Waals surface area (Å²) in [6.45, 7) is 7.20. The fourth-order valence-electron chi connectivity index (χ4n) is 4.66. The maximum atomic E-state index is 12.9. The summed E-state index contributed by atoms with van der Waals surface area (Å²) in [5.74, 6) is -8.63. The molecule has 216 valence electrons. The molecule has 0 bridgehead atoms. The smallest absolute Gasteiger partial charge is 0.308 e. The van der Waals surface area contributed by atoms with Crippen LogP contribution in [-0.4, -0.2) is 72.1 Å². The van der Waals surface area contributed by atoms with Gasteiger partial charge in [0.05, 0.1) is 0 Å². The lowest BCUT2D eigenvalue weighted by Crippen LogP contribution is -2.50. The molecule has 1 spiro atoms. The van der Waals surface area contributed by atoms with Crippen LogP contribution in [0.3, 0.4) is 0 Å². The highest BCUT2D eigenvalue weighted by atomic mass is 16.8. The molecule has 3 rings (SSSR count). The van der Waals surface area contributed by atoms with Crippen LogP contribution in [0.1, 0.15) is 74.7 Å². The first-order valence-electron chi connectivity index (χ1n) is 12.0. The Morgan fingerprint density at radius 1 is 0.725 bits per heavy atom. The number of carbonyl (C=O) groups is 7. The zero-order valence-corrected chi connectivity index (χ0v) is 22.9. The molecule has 2 heterocycles. The maximum absolute atomic E-state index is 12.9. The largest absolute Gasteiger partial charge is 0.463 e. The van der Waals surface area contributed by atoms with E-state index in [-0.39, 0.29) is 28.2 Å². The molecule has 0 unspecified atom stereocenters. The van der Waals surface area contributed by atoms with Crippen molar-refractivity contribution in [3.63, 3.8) is 0 Å². The van der Waals surface area contributed by atoms with Crippen LogP contribution < -0.4 is 14.2 Å². The first-order chi connectivity index (χ1) is 18.6. The molecule has 2 aliphatic rings. The van der Waals surface area contributed by atoms with Crippen molar-refractivity contribution in [2.45, 2.75) is 79.0 Å². The molecule has 1 aromatic rings. The van der Waals surface area contributed by atoms with Crippen LogP contribution in [0.5, 0.6) is 17.2 Å². The van der Waals surface area contributed by atoms with Crippen LogP contribution in [0.25, 0.3) is 0 Å². The molecular weight excluding hydrogens is 536 g/mol. The van der Waals surface area contributed by atoms with E-state index in [1.165, 1.54) is 0 Å². The minimum absolute atomic E-state index is 0.0200. The van der Waals surface area contributed by atoms with Crippen molar-refractivity contribution in [2.24, 2.45) is 0 Å². The number of Topliss-reactive ketones (excluding diaryl/α,β-unsaturated/α-hetero) is 2. The van der Waals surface area contributed by atoms with Crippen LogP contribution in [0.4, 0.5) is 0 Å². The molecule has 2 aliphatic heterocycles. The third-order valence-electron chi connectivity index (χ3n) is 5.85. The molecule has 14 nitrogen and oxygen atoms in total. The summed E-state index contributed by atoms with van der Waals surface area (Å²) in [4.78, 5) is 85.3. The number of esters is 5. The number of fused-ring (bicyclic) bond motifs is 1. The average Bonchev–Trinajstić information content (AvgIpc) is 3.29. The van der Waals surface area contributed by atoms with Crippen LogP contribution >= 0.6 is 0 Å². The second kappa shape index (κ2) is 11.4. The third-order valence-corrected chi connectivity index (χ3v) is 5.85. The number of ketones is 2. The Balaban J connectivity index is 2.32. The van der Waals surface area contributed by atoms with E-state index in [4.69, 9.17) is 33.2 Å². The average molecular weight is 564 g/mol. The van der Waals surface area contributed by atoms with Gasteiger partial charge >= 0.3 is 29.8 Å². The quantitative estimate of drug-likeness (QED) is 0.191. The number of ether oxygens (including phenoxy) is 7. The summed E-state index contributed by atoms with van der Waals surface area (Å²) in [5, 5.41) is 0. The Hall–Kier alpha value is -4.33. The fraction of sp³-hybridized carbons (Fsp3) is 0.500. The third kappa shape index (κ3) is 5.96. The molecule has 0 N–H and O–H groups in total. The van der Waals surface area contributed by atoms with Gasteiger partial charge < -0.3 is 33.2 Å². The van der Waals surface area contributed by atoms with E-state index in [1.54, 1.807) is 0 Å². The number of rotatable bonds is 8. The molecule has 4 atom stereocenters. The van der Waals surface area contributed by atoms with Gasteiger partial charge in [0.25, 0.3) is 5.79 Å². The van der Waals surface area contributed by atoms with Gasteiger partial charge in [0.1, 0.15) is 29.6 Å². The van der Waals surface area contributed by atoms with Gasteiger partial charge in [-0.05, 0) is 13.8 Å². The molecule has 1 aromatic carbocycles. The zero-order valence-electron chi connectivity index (χ0n) is 22.9. The molecule has 1 fully saturated rings. The normalized spacial score (nSPS) is 22.5. The minimum Gasteiger partial charge on any atom is -0.463 e. The standard InChI is InChI=1S/C26H28O14/c1-10(27)19-21(35-13(4)30)17-8-26(40-22(17)20(11(2)28)24(19)37-15(6)32)25(38-16(7)33)23(36-14(5)31)18(39-26)9-34-12(3)29/h18,23,25H,8-9H2,1-7H3/t18-,23+,25+,26+/m1/s1. The number of benzene rings is 1. The van der Waals surface area contributed by atoms with Crippen LogP contribution in [0.2, 0.25) is 0 Å². The second-order valence-corrected chi connectivity index (χ2v) is 9.17. The van der Waals surface area contributed by atoms with Gasteiger partial charge in [0.15, 0.2) is 29.2 Å². The number of hydrogen-bond donors (Lipinski definition) is 0. The molecule has 0 radical (unpaired) electrons. The zero-order chi connectivity index (χ0) is 30.1. The number of carbonyl (C=O) groups excluding carboxylic acids is 7. The highest BCUT2D eigenvalue weighted by molar-refractivity contribution is 6.09. The van der Waals surface area contributed by atoms with Gasteiger partial charge in [-0.1, -0.05) is 0 Å². The van der Waals surface area contributed by atoms with E-state index in [0.29, 0.717) is 0 Å². The fourth-order valence-corrected chi connectivity index (χ4v) is 4.66. The number of hydrogen-bond acceptors (Lipinski definition) is 14. The maximum Gasteiger partial charge on any atom is 0.308 e. The van der Waals surface area contributed by atoms with E-state index in [9.17, 15) is 33.6 Å². The van der Waals surface area contributed by atoms with Gasteiger partial charge in [-0.3, -0.25) is 33.6 Å². The van der Waals surface area contributed by atoms with Gasteiger partial charge in [-0.15, -0.1) is 0 Å². The lowest BCUT2D eigenvalue weighted by atomic mass is 9.93. The van der Waals surface area contributed by atoms with Crippen molar-refractivity contribution < 1.29 is 66.7 Å². The summed E-state index contributed by atoms with van der Waals surface area (Å²) >= 11 is 0. The van der Waals surface area contributed by atoms with Gasteiger partial charge in [0, 0.05) is 46.6 Å². The second-order valence-electron chi connectivity index (χ2n) is 9.17. The first kappa shape index (κ1) is 30.2. The summed E-state index contributed by atoms with van der Waals surface area (Å²) < 4.78 is 38.7. The highest BCUT2D eigenvalue weighted by Crippen LogP contribution is 2.54. The van der Waals surface area contributed by atoms with E-state index >= 15 is 0 Å². The van der Waals surface area contributed by atoms with Gasteiger partial charge in [-0.2, -0.15) is 0 Å². The van der Waals surface area contributed by atoms with Crippen molar-refractivity contribution in [2.75, 3.05) is 6.61 Å². The van der Waals surface area contributed by atoms with Crippen LogP contribution in [0.15, 0.2) is 0 Å². The Morgan fingerprint density at radius 2 is 1.27 bits per heavy atom. The van der Waals surface area contributed by atoms with Crippen molar-refractivity contribution >= 4 is 41.4 Å². The molecule has 0 amide bonds. The molecule has 0 saturated carbocycles. The first-order valence-corrected chi connectivity index (χ1v) is 12.0. The molecule has 14 heteroatoms. The lowest BCUT2D eigenvalue weighted by molar-refractivity contribution is -0.213. The van der Waals surface area contributed by atoms with Crippen molar-refractivity contribution in [1.82, 2.24) is 0 Å². The molecule has 0 aromatic heterocycles. The van der Waals surface area contributed by atoms with Crippen LogP contribution in [0, 0.1) is 0 Å². The molecule has 0 aliphatic carbocycles. The predicted molar refractivity (Wildman–Crippen MR) is 129 cm³/mol. The van der Waals surface area contributed by atoms with E-state index in [0.717, 1.165) is 48.5 Å². The van der Waals surface area contributed by atoms with E-state index in [2.05, 4.69) is 0 Å². The summed E-state index contributed by atoms with van der Waals surface area (Å²) in [5.41, 5.74) is -0.751. The summed E-state index contributed by atoms with van der Waals surface area (Å²) in [7, 11) is 0. The Labute approximate surface area is 228 Å². The lowest BCUT2D eigenvalue weighted by Gasteiger charge is -2.30.